The fourth-order valence-corrected chi connectivity index (χ4v) is 4.44. The third-order valence-corrected chi connectivity index (χ3v) is 6.52. The molecule has 0 unspecified atom stereocenters. The van der Waals surface area contributed by atoms with Crippen LogP contribution < -0.4 is 5.32 Å². The summed E-state index contributed by atoms with van der Waals surface area (Å²) in [6.45, 7) is 0.120. The van der Waals surface area contributed by atoms with Gasteiger partial charge in [0.2, 0.25) is 0 Å². The lowest BCUT2D eigenvalue weighted by Crippen LogP contribution is -2.42. The van der Waals surface area contributed by atoms with Crippen LogP contribution in [0, 0.1) is 5.82 Å². The first kappa shape index (κ1) is 20.5. The Labute approximate surface area is 177 Å². The Balaban J connectivity index is 1.39. The molecular weight excluding hydrogens is 405 g/mol. The van der Waals surface area contributed by atoms with Gasteiger partial charge in [0.05, 0.1) is 5.69 Å². The zero-order valence-corrected chi connectivity index (χ0v) is 17.2. The molecule has 0 aromatic carbocycles. The lowest BCUT2D eigenvalue weighted by molar-refractivity contribution is -0.121. The van der Waals surface area contributed by atoms with E-state index < -0.39 is 6.61 Å². The van der Waals surface area contributed by atoms with Crippen LogP contribution in [0.3, 0.4) is 0 Å². The summed E-state index contributed by atoms with van der Waals surface area (Å²) in [5.41, 5.74) is 0.866. The smallest absolute Gasteiger partial charge is 0.158 e. The topological polar surface area (TPSA) is 101 Å². The van der Waals surface area contributed by atoms with Crippen LogP contribution in [-0.2, 0) is 16.6 Å². The van der Waals surface area contributed by atoms with Crippen LogP contribution >= 0.6 is 11.3 Å². The SMILES string of the molecule is O=C(CO)CCc1cnc(-c2ccc(NCC3(c4ncccc4F)CCC3)nn2)s1. The van der Waals surface area contributed by atoms with Crippen LogP contribution in [-0.4, -0.2) is 44.2 Å². The lowest BCUT2D eigenvalue weighted by atomic mass is 9.66. The molecule has 3 heterocycles. The van der Waals surface area contributed by atoms with Crippen molar-refractivity contribution in [3.05, 3.63) is 53.0 Å². The van der Waals surface area contributed by atoms with E-state index in [1.54, 1.807) is 18.5 Å². The third kappa shape index (κ3) is 4.36. The van der Waals surface area contributed by atoms with Crippen molar-refractivity contribution < 1.29 is 14.3 Å². The van der Waals surface area contributed by atoms with Gasteiger partial charge in [0.1, 0.15) is 28.9 Å². The summed E-state index contributed by atoms with van der Waals surface area (Å²) < 4.78 is 14.2. The van der Waals surface area contributed by atoms with Crippen LogP contribution in [0.2, 0.25) is 0 Å². The van der Waals surface area contributed by atoms with Gasteiger partial charge in [0, 0.05) is 35.7 Å². The summed E-state index contributed by atoms with van der Waals surface area (Å²) >= 11 is 1.46. The highest BCUT2D eigenvalue weighted by Crippen LogP contribution is 2.43. The third-order valence-electron chi connectivity index (χ3n) is 5.44. The van der Waals surface area contributed by atoms with Gasteiger partial charge in [0.15, 0.2) is 5.78 Å². The number of aryl methyl sites for hydroxylation is 1. The number of ketones is 1. The average Bonchev–Trinajstić information content (AvgIpc) is 3.22. The Morgan fingerprint density at radius 3 is 2.77 bits per heavy atom. The zero-order valence-electron chi connectivity index (χ0n) is 16.3. The second-order valence-corrected chi connectivity index (χ2v) is 8.57. The van der Waals surface area contributed by atoms with E-state index >= 15 is 0 Å². The minimum Gasteiger partial charge on any atom is -0.389 e. The molecule has 30 heavy (non-hydrogen) atoms. The van der Waals surface area contributed by atoms with Crippen LogP contribution in [0.15, 0.2) is 36.7 Å². The van der Waals surface area contributed by atoms with Gasteiger partial charge in [-0.3, -0.25) is 9.78 Å². The molecule has 7 nitrogen and oxygen atoms in total. The first-order valence-electron chi connectivity index (χ1n) is 9.86. The highest BCUT2D eigenvalue weighted by atomic mass is 32.1. The van der Waals surface area contributed by atoms with Crippen LogP contribution in [0.1, 0.15) is 36.3 Å². The second-order valence-electron chi connectivity index (χ2n) is 7.45. The number of aliphatic hydroxyl groups excluding tert-OH is 1. The maximum Gasteiger partial charge on any atom is 0.158 e. The Kier molecular flexibility index (Phi) is 6.10. The Morgan fingerprint density at radius 1 is 1.23 bits per heavy atom. The first-order valence-corrected chi connectivity index (χ1v) is 10.7. The highest BCUT2D eigenvalue weighted by Gasteiger charge is 2.41. The van der Waals surface area contributed by atoms with Crippen LogP contribution in [0.5, 0.6) is 0 Å². The zero-order chi connectivity index (χ0) is 21.0. The number of nitrogens with zero attached hydrogens (tertiary/aromatic N) is 4. The quantitative estimate of drug-likeness (QED) is 0.541. The molecule has 2 N–H and O–H groups in total. The van der Waals surface area contributed by atoms with Gasteiger partial charge >= 0.3 is 0 Å². The van der Waals surface area contributed by atoms with E-state index in [0.29, 0.717) is 36.6 Å². The number of nitrogens with one attached hydrogen (secondary N) is 1. The van der Waals surface area contributed by atoms with Gasteiger partial charge in [-0.05, 0) is 43.5 Å². The van der Waals surface area contributed by atoms with Crippen LogP contribution in [0.25, 0.3) is 10.7 Å². The molecule has 3 aromatic rings. The summed E-state index contributed by atoms with van der Waals surface area (Å²) in [6, 6.07) is 6.74. The first-order chi connectivity index (χ1) is 14.6. The van der Waals surface area contributed by atoms with Crippen molar-refractivity contribution in [2.45, 2.75) is 37.5 Å². The molecule has 0 radical (unpaired) electrons. The van der Waals surface area contributed by atoms with Gasteiger partial charge in [-0.2, -0.15) is 0 Å². The number of Topliss-reactive ketones (excluding diaryl/α,β-unsaturated/α-hetero) is 1. The molecule has 0 atom stereocenters. The predicted molar refractivity (Wildman–Crippen MR) is 112 cm³/mol. The summed E-state index contributed by atoms with van der Waals surface area (Å²) in [5, 5.41) is 21.3. The van der Waals surface area contributed by atoms with Gasteiger partial charge in [0.25, 0.3) is 0 Å². The number of carbonyl (C=O) groups excluding carboxylic acids is 1. The molecule has 0 amide bonds. The molecule has 1 aliphatic carbocycles. The van der Waals surface area contributed by atoms with Crippen LogP contribution in [0.4, 0.5) is 10.2 Å². The minimum atomic E-state index is -0.431. The molecule has 0 saturated heterocycles. The number of rotatable bonds is 9. The second kappa shape index (κ2) is 8.93. The van der Waals surface area contributed by atoms with E-state index in [-0.39, 0.29) is 17.0 Å². The largest absolute Gasteiger partial charge is 0.389 e. The molecule has 3 aromatic heterocycles. The number of hydrogen-bond donors (Lipinski definition) is 2. The normalized spacial score (nSPS) is 14.9. The Morgan fingerprint density at radius 2 is 2.10 bits per heavy atom. The van der Waals surface area contributed by atoms with Gasteiger partial charge in [-0.1, -0.05) is 6.42 Å². The van der Waals surface area contributed by atoms with Crippen molar-refractivity contribution in [1.29, 1.82) is 0 Å². The molecule has 1 fully saturated rings. The van der Waals surface area contributed by atoms with Gasteiger partial charge in [-0.25, -0.2) is 9.37 Å². The number of carbonyl (C=O) groups is 1. The number of thiazole rings is 1. The van der Waals surface area contributed by atoms with Crippen molar-refractivity contribution in [3.63, 3.8) is 0 Å². The number of hydrogen-bond acceptors (Lipinski definition) is 8. The molecule has 4 rings (SSSR count). The van der Waals surface area contributed by atoms with Crippen molar-refractivity contribution in [2.24, 2.45) is 0 Å². The summed E-state index contributed by atoms with van der Waals surface area (Å²) in [4.78, 5) is 20.8. The van der Waals surface area contributed by atoms with Gasteiger partial charge in [-0.15, -0.1) is 21.5 Å². The summed E-state index contributed by atoms with van der Waals surface area (Å²) in [6.07, 6.45) is 7.04. The van der Waals surface area contributed by atoms with Crippen molar-refractivity contribution in [3.8, 4) is 10.7 Å². The Hall–Kier alpha value is -2.78. The predicted octanol–water partition coefficient (Wildman–Crippen LogP) is 3.16. The monoisotopic (exact) mass is 427 g/mol. The molecule has 0 aliphatic heterocycles. The fourth-order valence-electron chi connectivity index (χ4n) is 3.56. The van der Waals surface area contributed by atoms with E-state index in [9.17, 15) is 9.18 Å². The molecule has 1 saturated carbocycles. The average molecular weight is 428 g/mol. The standard InChI is InChI=1S/C21H22FN5O2S/c22-16-3-1-10-23-19(16)21(8-2-9-21)13-25-18-7-6-17(26-27-18)20-24-11-15(30-20)5-4-14(29)12-28/h1,3,6-7,10-11,28H,2,4-5,8-9,12-13H2,(H,25,27). The highest BCUT2D eigenvalue weighted by molar-refractivity contribution is 7.15. The molecule has 0 spiro atoms. The summed E-state index contributed by atoms with van der Waals surface area (Å²) in [5.74, 6) is 0.169. The maximum absolute atomic E-state index is 14.2. The van der Waals surface area contributed by atoms with Gasteiger partial charge < -0.3 is 10.4 Å². The maximum atomic E-state index is 14.2. The molecule has 9 heteroatoms. The van der Waals surface area contributed by atoms with E-state index in [0.717, 1.165) is 29.1 Å². The number of aliphatic hydroxyl groups is 1. The van der Waals surface area contributed by atoms with E-state index in [4.69, 9.17) is 5.11 Å². The van der Waals surface area contributed by atoms with Crippen molar-refractivity contribution >= 4 is 22.9 Å². The molecule has 156 valence electrons. The number of halogens is 1. The van der Waals surface area contributed by atoms with E-state index in [1.807, 2.05) is 12.1 Å². The number of pyridine rings is 1. The fraction of sp³-hybridized carbons (Fsp3) is 0.381. The number of anilines is 1. The molecule has 1 aliphatic rings. The van der Waals surface area contributed by atoms with Crippen molar-refractivity contribution in [2.75, 3.05) is 18.5 Å². The summed E-state index contributed by atoms with van der Waals surface area (Å²) in [7, 11) is 0. The van der Waals surface area contributed by atoms with Crippen molar-refractivity contribution in [1.82, 2.24) is 20.2 Å². The number of aromatic nitrogens is 4. The van der Waals surface area contributed by atoms with E-state index in [2.05, 4.69) is 25.5 Å². The van der Waals surface area contributed by atoms with E-state index in [1.165, 1.54) is 17.4 Å². The molecular formula is C21H22FN5O2S. The minimum absolute atomic E-state index is 0.185. The Bertz CT molecular complexity index is 1020. The molecule has 0 bridgehead atoms. The lowest BCUT2D eigenvalue weighted by Gasteiger charge is -2.41.